The maximum Gasteiger partial charge on any atom is 0.229 e. The number of nitrogens with zero attached hydrogens (tertiary/aromatic N) is 1. The average Bonchev–Trinajstić information content (AvgIpc) is 3.32. The van der Waals surface area contributed by atoms with Crippen LogP contribution < -0.4 is 5.32 Å². The van der Waals surface area contributed by atoms with Crippen LogP contribution in [0.5, 0.6) is 0 Å². The molecule has 2 saturated carbocycles. The number of nitrogens with one attached hydrogen (secondary N) is 2. The van der Waals surface area contributed by atoms with Crippen LogP contribution in [0.3, 0.4) is 0 Å². The predicted octanol–water partition coefficient (Wildman–Crippen LogP) is 2.62. The molecule has 0 saturated heterocycles. The smallest absolute Gasteiger partial charge is 0.229 e. The molecule has 2 aromatic rings. The van der Waals surface area contributed by atoms with Crippen LogP contribution in [0.4, 0.5) is 5.82 Å². The second kappa shape index (κ2) is 3.98. The zero-order valence-corrected chi connectivity index (χ0v) is 10.4. The molecule has 2 heterocycles. The van der Waals surface area contributed by atoms with Crippen molar-refractivity contribution in [2.24, 2.45) is 5.92 Å². The van der Waals surface area contributed by atoms with E-state index in [-0.39, 0.29) is 17.7 Å². The molecule has 2 fully saturated rings. The summed E-state index contributed by atoms with van der Waals surface area (Å²) in [5, 5.41) is 10.00. The van der Waals surface area contributed by atoms with Crippen molar-refractivity contribution in [1.29, 1.82) is 0 Å². The molecule has 2 N–H and O–H groups in total. The number of rotatable bonds is 4. The lowest BCUT2D eigenvalue weighted by molar-refractivity contribution is -0.117. The number of carbonyl (C=O) groups is 1. The minimum Gasteiger partial charge on any atom is -0.469 e. The Hall–Kier alpha value is -2.04. The van der Waals surface area contributed by atoms with Gasteiger partial charge in [0.25, 0.3) is 0 Å². The summed E-state index contributed by atoms with van der Waals surface area (Å²) in [5.41, 5.74) is 1.13. The van der Waals surface area contributed by atoms with E-state index in [0.717, 1.165) is 17.9 Å². The summed E-state index contributed by atoms with van der Waals surface area (Å²) in [5.74, 6) is 2.45. The minimum atomic E-state index is 0.0206. The molecule has 0 aliphatic heterocycles. The Morgan fingerprint density at radius 3 is 3.11 bits per heavy atom. The number of aromatic amines is 1. The Labute approximate surface area is 110 Å². The zero-order valence-electron chi connectivity index (χ0n) is 10.4. The summed E-state index contributed by atoms with van der Waals surface area (Å²) in [6, 6.07) is 5.73. The molecule has 5 nitrogen and oxygen atoms in total. The number of hydrogen-bond acceptors (Lipinski definition) is 3. The van der Waals surface area contributed by atoms with E-state index >= 15 is 0 Å². The largest absolute Gasteiger partial charge is 0.469 e. The van der Waals surface area contributed by atoms with Gasteiger partial charge in [-0.15, -0.1) is 0 Å². The van der Waals surface area contributed by atoms with Crippen molar-refractivity contribution in [3.05, 3.63) is 35.9 Å². The van der Waals surface area contributed by atoms with Gasteiger partial charge in [0, 0.05) is 29.5 Å². The van der Waals surface area contributed by atoms with Crippen LogP contribution in [0.1, 0.15) is 42.6 Å². The number of aromatic nitrogens is 2. The predicted molar refractivity (Wildman–Crippen MR) is 68.7 cm³/mol. The van der Waals surface area contributed by atoms with E-state index in [2.05, 4.69) is 15.5 Å². The summed E-state index contributed by atoms with van der Waals surface area (Å²) in [7, 11) is 0. The molecule has 98 valence electrons. The van der Waals surface area contributed by atoms with Crippen molar-refractivity contribution in [3.8, 4) is 0 Å². The lowest BCUT2D eigenvalue weighted by Crippen LogP contribution is -2.14. The molecule has 0 bridgehead atoms. The van der Waals surface area contributed by atoms with Crippen molar-refractivity contribution in [2.45, 2.75) is 31.1 Å². The molecular formula is C14H15N3O2. The summed E-state index contributed by atoms with van der Waals surface area (Å²) < 4.78 is 5.33. The SMILES string of the molecule is O=C(Nc1cc(C2CC2)[nH]n1)[C@H]1C[C@H]1c1ccco1. The molecule has 0 radical (unpaired) electrons. The van der Waals surface area contributed by atoms with Crippen LogP contribution in [0.15, 0.2) is 28.9 Å². The highest BCUT2D eigenvalue weighted by atomic mass is 16.3. The van der Waals surface area contributed by atoms with E-state index in [0.29, 0.717) is 11.7 Å². The topological polar surface area (TPSA) is 70.9 Å². The molecule has 1 amide bonds. The maximum absolute atomic E-state index is 12.1. The average molecular weight is 257 g/mol. The standard InChI is InChI=1S/C14H15N3O2/c18-14(10-6-9(10)12-2-1-5-19-12)15-13-7-11(16-17-13)8-3-4-8/h1-2,5,7-10H,3-4,6H2,(H2,15,16,17,18)/t9-,10+/m1/s1. The Bertz CT molecular complexity index is 598. The monoisotopic (exact) mass is 257 g/mol. The quantitative estimate of drug-likeness (QED) is 0.884. The van der Waals surface area contributed by atoms with Crippen molar-refractivity contribution >= 4 is 11.7 Å². The van der Waals surface area contributed by atoms with Gasteiger partial charge in [-0.1, -0.05) is 0 Å². The Balaban J connectivity index is 1.39. The van der Waals surface area contributed by atoms with Crippen molar-refractivity contribution < 1.29 is 9.21 Å². The fourth-order valence-electron chi connectivity index (χ4n) is 2.52. The van der Waals surface area contributed by atoms with E-state index in [1.807, 2.05) is 18.2 Å². The molecule has 5 heteroatoms. The molecular weight excluding hydrogens is 242 g/mol. The van der Waals surface area contributed by atoms with E-state index in [1.54, 1.807) is 6.26 Å². The van der Waals surface area contributed by atoms with Gasteiger partial charge in [0.15, 0.2) is 5.82 Å². The molecule has 2 atom stereocenters. The first kappa shape index (κ1) is 10.8. The summed E-state index contributed by atoms with van der Waals surface area (Å²) in [4.78, 5) is 12.1. The first-order valence-electron chi connectivity index (χ1n) is 6.71. The van der Waals surface area contributed by atoms with Crippen LogP contribution in [0.2, 0.25) is 0 Å². The van der Waals surface area contributed by atoms with Crippen molar-refractivity contribution in [1.82, 2.24) is 10.2 Å². The van der Waals surface area contributed by atoms with Crippen LogP contribution in [-0.2, 0) is 4.79 Å². The number of hydrogen-bond donors (Lipinski definition) is 2. The highest BCUT2D eigenvalue weighted by molar-refractivity contribution is 5.94. The van der Waals surface area contributed by atoms with Gasteiger partial charge in [0.2, 0.25) is 5.91 Å². The van der Waals surface area contributed by atoms with Crippen molar-refractivity contribution in [2.75, 3.05) is 5.32 Å². The highest BCUT2D eigenvalue weighted by Gasteiger charge is 2.46. The third-order valence-electron chi connectivity index (χ3n) is 3.90. The van der Waals surface area contributed by atoms with Crippen LogP contribution in [-0.4, -0.2) is 16.1 Å². The number of H-pyrrole nitrogens is 1. The molecule has 0 aromatic carbocycles. The van der Waals surface area contributed by atoms with Gasteiger partial charge in [-0.05, 0) is 31.4 Å². The van der Waals surface area contributed by atoms with Gasteiger partial charge in [-0.3, -0.25) is 9.89 Å². The minimum absolute atomic E-state index is 0.0206. The Morgan fingerprint density at radius 1 is 1.47 bits per heavy atom. The number of carbonyl (C=O) groups excluding carboxylic acids is 1. The maximum atomic E-state index is 12.1. The zero-order chi connectivity index (χ0) is 12.8. The second-order valence-electron chi connectivity index (χ2n) is 5.44. The summed E-state index contributed by atoms with van der Waals surface area (Å²) in [6.45, 7) is 0. The number of anilines is 1. The molecule has 4 rings (SSSR count). The van der Waals surface area contributed by atoms with E-state index in [1.165, 1.54) is 12.8 Å². The normalized spacial score (nSPS) is 25.3. The second-order valence-corrected chi connectivity index (χ2v) is 5.44. The first-order chi connectivity index (χ1) is 9.31. The fourth-order valence-corrected chi connectivity index (χ4v) is 2.52. The Kier molecular flexibility index (Phi) is 2.27. The van der Waals surface area contributed by atoms with Gasteiger partial charge in [-0.2, -0.15) is 5.10 Å². The number of amides is 1. The van der Waals surface area contributed by atoms with Gasteiger partial charge in [0.05, 0.1) is 6.26 Å². The lowest BCUT2D eigenvalue weighted by atomic mass is 10.2. The fraction of sp³-hybridized carbons (Fsp3) is 0.429. The van der Waals surface area contributed by atoms with E-state index in [9.17, 15) is 4.79 Å². The Morgan fingerprint density at radius 2 is 2.37 bits per heavy atom. The molecule has 2 aliphatic carbocycles. The summed E-state index contributed by atoms with van der Waals surface area (Å²) in [6.07, 6.45) is 4.95. The van der Waals surface area contributed by atoms with Gasteiger partial charge >= 0.3 is 0 Å². The van der Waals surface area contributed by atoms with Crippen LogP contribution in [0.25, 0.3) is 0 Å². The third-order valence-corrected chi connectivity index (χ3v) is 3.90. The van der Waals surface area contributed by atoms with Gasteiger partial charge in [0.1, 0.15) is 5.76 Å². The first-order valence-corrected chi connectivity index (χ1v) is 6.71. The third kappa shape index (κ3) is 2.05. The van der Waals surface area contributed by atoms with Crippen LogP contribution >= 0.6 is 0 Å². The van der Waals surface area contributed by atoms with Gasteiger partial charge < -0.3 is 9.73 Å². The highest BCUT2D eigenvalue weighted by Crippen LogP contribution is 2.48. The molecule has 0 spiro atoms. The molecule has 2 aromatic heterocycles. The summed E-state index contributed by atoms with van der Waals surface area (Å²) >= 11 is 0. The van der Waals surface area contributed by atoms with E-state index in [4.69, 9.17) is 4.42 Å². The molecule has 2 aliphatic rings. The molecule has 0 unspecified atom stereocenters. The van der Waals surface area contributed by atoms with Gasteiger partial charge in [-0.25, -0.2) is 0 Å². The number of furan rings is 1. The lowest BCUT2D eigenvalue weighted by Gasteiger charge is -1.99. The van der Waals surface area contributed by atoms with E-state index < -0.39 is 0 Å². The van der Waals surface area contributed by atoms with Crippen molar-refractivity contribution in [3.63, 3.8) is 0 Å². The van der Waals surface area contributed by atoms with Crippen LogP contribution in [0, 0.1) is 5.92 Å². The molecule has 19 heavy (non-hydrogen) atoms.